The highest BCUT2D eigenvalue weighted by atomic mass is 35.5. The standard InChI is InChI=1S/C14H10Cl2N2O/c15-10-6-11(16)14-17-13(9-4-2-1-3-5-9)12(8-19)18(14)7-10/h1-7,19H,8H2. The van der Waals surface area contributed by atoms with Crippen LogP contribution in [0.1, 0.15) is 5.69 Å². The zero-order chi connectivity index (χ0) is 13.4. The van der Waals surface area contributed by atoms with Crippen molar-refractivity contribution in [1.82, 2.24) is 9.38 Å². The van der Waals surface area contributed by atoms with Crippen LogP contribution in [-0.2, 0) is 6.61 Å². The Balaban J connectivity index is 2.35. The molecular weight excluding hydrogens is 283 g/mol. The van der Waals surface area contributed by atoms with Crippen molar-refractivity contribution in [3.05, 3.63) is 58.3 Å². The third kappa shape index (κ3) is 2.10. The summed E-state index contributed by atoms with van der Waals surface area (Å²) in [6.07, 6.45) is 1.70. The van der Waals surface area contributed by atoms with Crippen LogP contribution in [0, 0.1) is 0 Å². The molecule has 2 aromatic heterocycles. The van der Waals surface area contributed by atoms with Crippen LogP contribution >= 0.6 is 23.2 Å². The lowest BCUT2D eigenvalue weighted by Crippen LogP contribution is -1.94. The van der Waals surface area contributed by atoms with Crippen molar-refractivity contribution >= 4 is 28.8 Å². The topological polar surface area (TPSA) is 37.5 Å². The van der Waals surface area contributed by atoms with Crippen LogP contribution < -0.4 is 0 Å². The second kappa shape index (κ2) is 4.85. The molecule has 0 aliphatic carbocycles. The number of aromatic nitrogens is 2. The number of nitrogens with zero attached hydrogens (tertiary/aromatic N) is 2. The Kier molecular flexibility index (Phi) is 3.19. The average Bonchev–Trinajstić information content (AvgIpc) is 2.78. The summed E-state index contributed by atoms with van der Waals surface area (Å²) in [4.78, 5) is 4.51. The number of fused-ring (bicyclic) bond motifs is 1. The van der Waals surface area contributed by atoms with Crippen molar-refractivity contribution < 1.29 is 5.11 Å². The first kappa shape index (κ1) is 12.5. The fourth-order valence-corrected chi connectivity index (χ4v) is 2.61. The van der Waals surface area contributed by atoms with E-state index >= 15 is 0 Å². The number of hydrogen-bond acceptors (Lipinski definition) is 2. The second-order valence-electron chi connectivity index (χ2n) is 4.13. The zero-order valence-electron chi connectivity index (χ0n) is 9.85. The molecular formula is C14H10Cl2N2O. The molecule has 0 unspecified atom stereocenters. The number of pyridine rings is 1. The van der Waals surface area contributed by atoms with E-state index in [-0.39, 0.29) is 6.61 Å². The number of benzene rings is 1. The Bertz CT molecular complexity index is 738. The van der Waals surface area contributed by atoms with Gasteiger partial charge >= 0.3 is 0 Å². The fourth-order valence-electron chi connectivity index (χ4n) is 2.10. The van der Waals surface area contributed by atoms with Crippen molar-refractivity contribution in [2.45, 2.75) is 6.61 Å². The van der Waals surface area contributed by atoms with Crippen LogP contribution in [0.5, 0.6) is 0 Å². The van der Waals surface area contributed by atoms with Gasteiger partial charge < -0.3 is 5.11 Å². The van der Waals surface area contributed by atoms with Gasteiger partial charge in [0.2, 0.25) is 0 Å². The predicted octanol–water partition coefficient (Wildman–Crippen LogP) is 3.80. The quantitative estimate of drug-likeness (QED) is 0.780. The lowest BCUT2D eigenvalue weighted by molar-refractivity contribution is 0.276. The highest BCUT2D eigenvalue weighted by molar-refractivity contribution is 6.36. The minimum Gasteiger partial charge on any atom is -0.390 e. The molecule has 3 rings (SSSR count). The van der Waals surface area contributed by atoms with Crippen LogP contribution in [0.15, 0.2) is 42.6 Å². The Morgan fingerprint density at radius 2 is 1.89 bits per heavy atom. The van der Waals surface area contributed by atoms with Crippen molar-refractivity contribution in [3.8, 4) is 11.3 Å². The number of aliphatic hydroxyl groups is 1. The molecule has 0 saturated heterocycles. The van der Waals surface area contributed by atoms with Crippen LogP contribution in [0.2, 0.25) is 10.0 Å². The smallest absolute Gasteiger partial charge is 0.156 e. The second-order valence-corrected chi connectivity index (χ2v) is 4.97. The number of halogens is 2. The summed E-state index contributed by atoms with van der Waals surface area (Å²) >= 11 is 12.1. The summed E-state index contributed by atoms with van der Waals surface area (Å²) in [5.74, 6) is 0. The van der Waals surface area contributed by atoms with E-state index in [2.05, 4.69) is 4.98 Å². The van der Waals surface area contributed by atoms with E-state index in [0.29, 0.717) is 27.1 Å². The van der Waals surface area contributed by atoms with Crippen LogP contribution in [0.4, 0.5) is 0 Å². The van der Waals surface area contributed by atoms with E-state index in [1.54, 1.807) is 16.7 Å². The highest BCUT2D eigenvalue weighted by Crippen LogP contribution is 2.29. The maximum absolute atomic E-state index is 9.60. The molecule has 1 N–H and O–H groups in total. The van der Waals surface area contributed by atoms with Crippen molar-refractivity contribution in [2.24, 2.45) is 0 Å². The number of rotatable bonds is 2. The first-order valence-electron chi connectivity index (χ1n) is 5.73. The third-order valence-electron chi connectivity index (χ3n) is 2.94. The Hall–Kier alpha value is -1.55. The normalized spacial score (nSPS) is 11.1. The minimum atomic E-state index is -0.137. The SMILES string of the molecule is OCc1c(-c2ccccc2)nc2c(Cl)cc(Cl)cn12. The molecule has 19 heavy (non-hydrogen) atoms. The molecule has 0 radical (unpaired) electrons. The van der Waals surface area contributed by atoms with Gasteiger partial charge in [-0.05, 0) is 6.07 Å². The molecule has 2 heterocycles. The summed E-state index contributed by atoms with van der Waals surface area (Å²) in [5.41, 5.74) is 2.91. The van der Waals surface area contributed by atoms with Crippen LogP contribution in [0.25, 0.3) is 16.9 Å². The number of hydrogen-bond donors (Lipinski definition) is 1. The van der Waals surface area contributed by atoms with Gasteiger partial charge in [-0.1, -0.05) is 53.5 Å². The summed E-state index contributed by atoms with van der Waals surface area (Å²) < 4.78 is 1.73. The molecule has 0 fully saturated rings. The summed E-state index contributed by atoms with van der Waals surface area (Å²) in [7, 11) is 0. The van der Waals surface area contributed by atoms with E-state index in [1.165, 1.54) is 0 Å². The fraction of sp³-hybridized carbons (Fsp3) is 0.0714. The molecule has 0 atom stereocenters. The lowest BCUT2D eigenvalue weighted by atomic mass is 10.1. The lowest BCUT2D eigenvalue weighted by Gasteiger charge is -2.02. The monoisotopic (exact) mass is 292 g/mol. The molecule has 0 aliphatic heterocycles. The van der Waals surface area contributed by atoms with Gasteiger partial charge in [-0.15, -0.1) is 0 Å². The van der Waals surface area contributed by atoms with Crippen LogP contribution in [-0.4, -0.2) is 14.5 Å². The van der Waals surface area contributed by atoms with Gasteiger partial charge in [0, 0.05) is 11.8 Å². The van der Waals surface area contributed by atoms with Crippen molar-refractivity contribution in [1.29, 1.82) is 0 Å². The van der Waals surface area contributed by atoms with E-state index < -0.39 is 0 Å². The van der Waals surface area contributed by atoms with Crippen LogP contribution in [0.3, 0.4) is 0 Å². The summed E-state index contributed by atoms with van der Waals surface area (Å²) in [5, 5.41) is 10.6. The molecule has 0 amide bonds. The summed E-state index contributed by atoms with van der Waals surface area (Å²) in [6, 6.07) is 11.3. The number of imidazole rings is 1. The summed E-state index contributed by atoms with van der Waals surface area (Å²) in [6.45, 7) is -0.137. The van der Waals surface area contributed by atoms with Crippen molar-refractivity contribution in [2.75, 3.05) is 0 Å². The van der Waals surface area contributed by atoms with E-state index in [0.717, 1.165) is 5.56 Å². The minimum absolute atomic E-state index is 0.137. The molecule has 3 aromatic rings. The predicted molar refractivity (Wildman–Crippen MR) is 76.6 cm³/mol. The van der Waals surface area contributed by atoms with E-state index in [9.17, 15) is 5.11 Å². The average molecular weight is 293 g/mol. The Labute approximate surface area is 120 Å². The zero-order valence-corrected chi connectivity index (χ0v) is 11.4. The van der Waals surface area contributed by atoms with Gasteiger partial charge in [0.15, 0.2) is 5.65 Å². The molecule has 0 saturated carbocycles. The van der Waals surface area contributed by atoms with Gasteiger partial charge in [-0.25, -0.2) is 4.98 Å². The molecule has 5 heteroatoms. The van der Waals surface area contributed by atoms with Gasteiger partial charge in [0.1, 0.15) is 0 Å². The first-order chi connectivity index (χ1) is 9.20. The van der Waals surface area contributed by atoms with Gasteiger partial charge in [0.25, 0.3) is 0 Å². The molecule has 96 valence electrons. The van der Waals surface area contributed by atoms with E-state index in [4.69, 9.17) is 23.2 Å². The molecule has 0 aliphatic rings. The molecule has 0 bridgehead atoms. The highest BCUT2D eigenvalue weighted by Gasteiger charge is 2.15. The third-order valence-corrected chi connectivity index (χ3v) is 3.42. The van der Waals surface area contributed by atoms with Gasteiger partial charge in [-0.3, -0.25) is 4.40 Å². The molecule has 0 spiro atoms. The first-order valence-corrected chi connectivity index (χ1v) is 6.48. The van der Waals surface area contributed by atoms with Gasteiger partial charge in [0.05, 0.1) is 28.0 Å². The maximum Gasteiger partial charge on any atom is 0.156 e. The molecule has 1 aromatic carbocycles. The van der Waals surface area contributed by atoms with E-state index in [1.807, 2.05) is 30.3 Å². The maximum atomic E-state index is 9.60. The Morgan fingerprint density at radius 3 is 2.58 bits per heavy atom. The number of aliphatic hydroxyl groups excluding tert-OH is 1. The largest absolute Gasteiger partial charge is 0.390 e. The Morgan fingerprint density at radius 1 is 1.16 bits per heavy atom. The van der Waals surface area contributed by atoms with Gasteiger partial charge in [-0.2, -0.15) is 0 Å². The van der Waals surface area contributed by atoms with Crippen molar-refractivity contribution in [3.63, 3.8) is 0 Å². The molecule has 3 nitrogen and oxygen atoms in total.